The number of nitrogens with zero attached hydrogens (tertiary/aromatic N) is 1. The minimum absolute atomic E-state index is 0.0844. The molecule has 0 aromatic carbocycles. The molecule has 1 aromatic heterocycles. The molecule has 1 N–H and O–H groups in total. The highest BCUT2D eigenvalue weighted by Crippen LogP contribution is 2.31. The summed E-state index contributed by atoms with van der Waals surface area (Å²) in [6, 6.07) is 5.51. The number of rotatable bonds is 6. The van der Waals surface area contributed by atoms with Crippen molar-refractivity contribution in [1.82, 2.24) is 9.71 Å². The highest BCUT2D eigenvalue weighted by atomic mass is 35.5. The van der Waals surface area contributed by atoms with Gasteiger partial charge in [0.05, 0.1) is 5.75 Å². The molecule has 6 heteroatoms. The van der Waals surface area contributed by atoms with Crippen LogP contribution in [0.5, 0.6) is 0 Å². The van der Waals surface area contributed by atoms with Crippen LogP contribution in [-0.2, 0) is 16.4 Å². The third kappa shape index (κ3) is 4.23. The molecule has 1 aliphatic carbocycles. The summed E-state index contributed by atoms with van der Waals surface area (Å²) in [5.74, 6) is 0.484. The van der Waals surface area contributed by atoms with Crippen molar-refractivity contribution in [3.63, 3.8) is 0 Å². The number of sulfonamides is 1. The second-order valence-corrected chi connectivity index (χ2v) is 7.22. The van der Waals surface area contributed by atoms with E-state index in [-0.39, 0.29) is 11.1 Å². The van der Waals surface area contributed by atoms with Crippen LogP contribution >= 0.6 is 11.6 Å². The van der Waals surface area contributed by atoms with Crippen LogP contribution in [0.1, 0.15) is 18.5 Å². The molecule has 2 rings (SSSR count). The van der Waals surface area contributed by atoms with Crippen molar-refractivity contribution < 1.29 is 8.42 Å². The standard InChI is InChI=1S/C12H17ClN2O2S/c13-11-7-10(8-11)9-15-18(16,17)6-4-12-3-1-2-5-14-12/h1-3,5,10-11,15H,4,6-9H2. The Morgan fingerprint density at radius 2 is 2.17 bits per heavy atom. The van der Waals surface area contributed by atoms with Gasteiger partial charge in [0.2, 0.25) is 10.0 Å². The Morgan fingerprint density at radius 3 is 2.78 bits per heavy atom. The number of aryl methyl sites for hydroxylation is 1. The van der Waals surface area contributed by atoms with E-state index in [9.17, 15) is 8.42 Å². The first-order valence-electron chi connectivity index (χ1n) is 6.06. The molecule has 100 valence electrons. The SMILES string of the molecule is O=S(=O)(CCc1ccccn1)NCC1CC(Cl)C1. The lowest BCUT2D eigenvalue weighted by atomic mass is 9.85. The van der Waals surface area contributed by atoms with Crippen molar-refractivity contribution >= 4 is 21.6 Å². The van der Waals surface area contributed by atoms with Gasteiger partial charge in [0.15, 0.2) is 0 Å². The van der Waals surface area contributed by atoms with Crippen molar-refractivity contribution in [1.29, 1.82) is 0 Å². The maximum Gasteiger partial charge on any atom is 0.211 e. The van der Waals surface area contributed by atoms with Crippen LogP contribution in [0.3, 0.4) is 0 Å². The number of hydrogen-bond donors (Lipinski definition) is 1. The lowest BCUT2D eigenvalue weighted by Gasteiger charge is -2.30. The minimum atomic E-state index is -3.20. The highest BCUT2D eigenvalue weighted by molar-refractivity contribution is 7.89. The first-order valence-corrected chi connectivity index (χ1v) is 8.15. The monoisotopic (exact) mass is 288 g/mol. The topological polar surface area (TPSA) is 59.1 Å². The molecule has 1 heterocycles. The average molecular weight is 289 g/mol. The molecule has 1 aromatic rings. The summed E-state index contributed by atoms with van der Waals surface area (Å²) in [5.41, 5.74) is 0.798. The summed E-state index contributed by atoms with van der Waals surface area (Å²) in [6.07, 6.45) is 3.93. The molecular formula is C12H17ClN2O2S. The van der Waals surface area contributed by atoms with Crippen molar-refractivity contribution in [2.75, 3.05) is 12.3 Å². The lowest BCUT2D eigenvalue weighted by molar-refractivity contribution is 0.324. The normalized spacial score (nSPS) is 23.6. The fourth-order valence-corrected chi connectivity index (χ4v) is 3.54. The van der Waals surface area contributed by atoms with Crippen LogP contribution in [0.2, 0.25) is 0 Å². The molecule has 1 aliphatic rings. The van der Waals surface area contributed by atoms with E-state index in [0.717, 1.165) is 18.5 Å². The van der Waals surface area contributed by atoms with Gasteiger partial charge < -0.3 is 0 Å². The number of aromatic nitrogens is 1. The number of halogens is 1. The quantitative estimate of drug-likeness (QED) is 0.808. The van der Waals surface area contributed by atoms with Gasteiger partial charge in [0.25, 0.3) is 0 Å². The van der Waals surface area contributed by atoms with Gasteiger partial charge >= 0.3 is 0 Å². The van der Waals surface area contributed by atoms with Crippen molar-refractivity contribution in [2.45, 2.75) is 24.6 Å². The van der Waals surface area contributed by atoms with Crippen LogP contribution in [0.25, 0.3) is 0 Å². The molecule has 0 spiro atoms. The minimum Gasteiger partial charge on any atom is -0.261 e. The van der Waals surface area contributed by atoms with Gasteiger partial charge in [0.1, 0.15) is 0 Å². The van der Waals surface area contributed by atoms with E-state index in [1.165, 1.54) is 0 Å². The Bertz CT molecular complexity index is 472. The summed E-state index contributed by atoms with van der Waals surface area (Å²) in [4.78, 5) is 4.10. The predicted octanol–water partition coefficient (Wildman–Crippen LogP) is 1.56. The zero-order valence-corrected chi connectivity index (χ0v) is 11.6. The molecule has 4 nitrogen and oxygen atoms in total. The van der Waals surface area contributed by atoms with E-state index in [2.05, 4.69) is 9.71 Å². The molecule has 1 saturated carbocycles. The van der Waals surface area contributed by atoms with E-state index in [0.29, 0.717) is 18.9 Å². The predicted molar refractivity (Wildman–Crippen MR) is 72.1 cm³/mol. The summed E-state index contributed by atoms with van der Waals surface area (Å²) in [7, 11) is -3.20. The molecule has 18 heavy (non-hydrogen) atoms. The van der Waals surface area contributed by atoms with Crippen LogP contribution < -0.4 is 4.72 Å². The zero-order chi connectivity index (χ0) is 13.0. The first kappa shape index (κ1) is 13.8. The summed E-state index contributed by atoms with van der Waals surface area (Å²) in [5, 5.41) is 0.230. The average Bonchev–Trinajstić information content (AvgIpc) is 2.32. The first-order chi connectivity index (χ1) is 8.55. The molecule has 0 unspecified atom stereocenters. The fourth-order valence-electron chi connectivity index (χ4n) is 1.92. The number of nitrogens with one attached hydrogen (secondary N) is 1. The van der Waals surface area contributed by atoms with E-state index in [1.807, 2.05) is 18.2 Å². The molecular weight excluding hydrogens is 272 g/mol. The van der Waals surface area contributed by atoms with Crippen LogP contribution in [0.4, 0.5) is 0 Å². The van der Waals surface area contributed by atoms with Gasteiger partial charge in [-0.3, -0.25) is 4.98 Å². The van der Waals surface area contributed by atoms with Gasteiger partial charge in [-0.15, -0.1) is 11.6 Å². The van der Waals surface area contributed by atoms with Crippen LogP contribution in [0, 0.1) is 5.92 Å². The maximum absolute atomic E-state index is 11.8. The van der Waals surface area contributed by atoms with Crippen LogP contribution in [-0.4, -0.2) is 31.1 Å². The summed E-state index contributed by atoms with van der Waals surface area (Å²) in [6.45, 7) is 0.508. The molecule has 0 atom stereocenters. The van der Waals surface area contributed by atoms with Crippen molar-refractivity contribution in [2.24, 2.45) is 5.92 Å². The number of alkyl halides is 1. The zero-order valence-electron chi connectivity index (χ0n) is 10.0. The third-order valence-electron chi connectivity index (χ3n) is 3.12. The Hall–Kier alpha value is -0.650. The Morgan fingerprint density at radius 1 is 1.39 bits per heavy atom. The third-order valence-corrected chi connectivity index (χ3v) is 4.83. The van der Waals surface area contributed by atoms with E-state index in [4.69, 9.17) is 11.6 Å². The second-order valence-electron chi connectivity index (χ2n) is 4.67. The van der Waals surface area contributed by atoms with Gasteiger partial charge in [0, 0.05) is 30.2 Å². The Labute approximate surface area is 113 Å². The van der Waals surface area contributed by atoms with Gasteiger partial charge in [-0.25, -0.2) is 13.1 Å². The molecule has 1 fully saturated rings. The number of hydrogen-bond acceptors (Lipinski definition) is 3. The van der Waals surface area contributed by atoms with Crippen molar-refractivity contribution in [3.8, 4) is 0 Å². The van der Waals surface area contributed by atoms with E-state index >= 15 is 0 Å². The van der Waals surface area contributed by atoms with Crippen molar-refractivity contribution in [3.05, 3.63) is 30.1 Å². The number of pyridine rings is 1. The lowest BCUT2D eigenvalue weighted by Crippen LogP contribution is -2.37. The largest absolute Gasteiger partial charge is 0.261 e. The second kappa shape index (κ2) is 5.99. The fraction of sp³-hybridized carbons (Fsp3) is 0.583. The van der Waals surface area contributed by atoms with Crippen LogP contribution in [0.15, 0.2) is 24.4 Å². The van der Waals surface area contributed by atoms with Gasteiger partial charge in [-0.2, -0.15) is 0 Å². The molecule has 0 amide bonds. The van der Waals surface area contributed by atoms with Gasteiger partial charge in [-0.1, -0.05) is 6.07 Å². The van der Waals surface area contributed by atoms with E-state index in [1.54, 1.807) is 6.20 Å². The smallest absolute Gasteiger partial charge is 0.211 e. The van der Waals surface area contributed by atoms with Gasteiger partial charge in [-0.05, 0) is 30.9 Å². The summed E-state index contributed by atoms with van der Waals surface area (Å²) >= 11 is 5.85. The molecule has 0 aliphatic heterocycles. The molecule has 0 bridgehead atoms. The Kier molecular flexibility index (Phi) is 4.59. The Balaban J connectivity index is 1.74. The van der Waals surface area contributed by atoms with E-state index < -0.39 is 10.0 Å². The maximum atomic E-state index is 11.8. The molecule has 0 saturated heterocycles. The summed E-state index contributed by atoms with van der Waals surface area (Å²) < 4.78 is 26.2. The highest BCUT2D eigenvalue weighted by Gasteiger charge is 2.28. The molecule has 0 radical (unpaired) electrons.